The summed E-state index contributed by atoms with van der Waals surface area (Å²) >= 11 is 0. The van der Waals surface area contributed by atoms with E-state index in [9.17, 15) is 9.59 Å². The summed E-state index contributed by atoms with van der Waals surface area (Å²) in [4.78, 5) is 21.7. The Bertz CT molecular complexity index is 180. The van der Waals surface area contributed by atoms with Gasteiger partial charge < -0.3 is 9.47 Å². The topological polar surface area (TPSA) is 52.6 Å². The number of hydrogen-bond acceptors (Lipinski definition) is 4. The van der Waals surface area contributed by atoms with Crippen molar-refractivity contribution in [3.05, 3.63) is 12.2 Å². The molecular formula is C8H12HgO4. The predicted octanol–water partition coefficient (Wildman–Crippen LogP) is 0.666. The number of carbonyl (C=O) groups excluding carboxylic acids is 2. The minimum Gasteiger partial charge on any atom is -0.462 e. The Morgan fingerprint density at radius 2 is 1.38 bits per heavy atom. The summed E-state index contributed by atoms with van der Waals surface area (Å²) in [6.45, 7) is 6.98. The van der Waals surface area contributed by atoms with Crippen LogP contribution in [-0.4, -0.2) is 25.2 Å². The first-order valence-corrected chi connectivity index (χ1v) is 3.66. The molecule has 4 nitrogen and oxygen atoms in total. The Kier molecular flexibility index (Phi) is 9.56. The van der Waals surface area contributed by atoms with Crippen molar-refractivity contribution in [2.24, 2.45) is 0 Å². The third-order valence-electron chi connectivity index (χ3n) is 1.04. The van der Waals surface area contributed by atoms with Crippen LogP contribution in [0.5, 0.6) is 0 Å². The maximum Gasteiger partial charge on any atom is 0.344 e. The maximum absolute atomic E-state index is 10.8. The van der Waals surface area contributed by atoms with Crippen LogP contribution in [0.25, 0.3) is 0 Å². The van der Waals surface area contributed by atoms with Gasteiger partial charge in [0, 0.05) is 27.7 Å². The fraction of sp³-hybridized carbons (Fsp3) is 0.500. The van der Waals surface area contributed by atoms with Crippen molar-refractivity contribution in [2.75, 3.05) is 13.2 Å². The van der Waals surface area contributed by atoms with Crippen molar-refractivity contribution in [3.63, 3.8) is 0 Å². The molecule has 0 aliphatic heterocycles. The minimum absolute atomic E-state index is 0. The molecule has 0 N–H and O–H groups in total. The van der Waals surface area contributed by atoms with Crippen LogP contribution >= 0.6 is 0 Å². The molecule has 0 aliphatic carbocycles. The maximum atomic E-state index is 10.8. The van der Waals surface area contributed by atoms with Crippen molar-refractivity contribution in [1.29, 1.82) is 0 Å². The zero-order valence-corrected chi connectivity index (χ0v) is 13.5. The number of rotatable bonds is 4. The first-order chi connectivity index (χ1) is 5.63. The third-order valence-corrected chi connectivity index (χ3v) is 1.04. The van der Waals surface area contributed by atoms with Gasteiger partial charge in [-0.05, 0) is 13.8 Å². The van der Waals surface area contributed by atoms with Gasteiger partial charge in [0.1, 0.15) is 5.57 Å². The van der Waals surface area contributed by atoms with Gasteiger partial charge in [-0.25, -0.2) is 9.59 Å². The van der Waals surface area contributed by atoms with Crippen molar-refractivity contribution < 1.29 is 46.7 Å². The van der Waals surface area contributed by atoms with Gasteiger partial charge in [0.25, 0.3) is 0 Å². The molecule has 0 saturated carbocycles. The summed E-state index contributed by atoms with van der Waals surface area (Å²) < 4.78 is 9.06. The second-order valence-corrected chi connectivity index (χ2v) is 1.92. The molecule has 5 heteroatoms. The average Bonchev–Trinajstić information content (AvgIpc) is 2.04. The molecule has 0 aromatic carbocycles. The Morgan fingerprint density at radius 1 is 1.08 bits per heavy atom. The van der Waals surface area contributed by atoms with Gasteiger partial charge in [0.2, 0.25) is 0 Å². The van der Waals surface area contributed by atoms with Crippen molar-refractivity contribution in [2.45, 2.75) is 13.8 Å². The summed E-state index contributed by atoms with van der Waals surface area (Å²) in [6, 6.07) is 0. The SMILES string of the molecule is C=C(C(=O)OCC)C(=O)OCC.[Hg]. The summed E-state index contributed by atoms with van der Waals surface area (Å²) in [5, 5.41) is 0. The smallest absolute Gasteiger partial charge is 0.344 e. The molecule has 0 aliphatic rings. The quantitative estimate of drug-likeness (QED) is 0.239. The Labute approximate surface area is 97.8 Å². The first kappa shape index (κ1) is 15.1. The molecule has 0 atom stereocenters. The number of hydrogen-bond donors (Lipinski definition) is 0. The Hall–Kier alpha value is -0.385. The van der Waals surface area contributed by atoms with E-state index in [4.69, 9.17) is 0 Å². The molecule has 0 aromatic rings. The summed E-state index contributed by atoms with van der Waals surface area (Å²) in [7, 11) is 0. The third kappa shape index (κ3) is 5.79. The van der Waals surface area contributed by atoms with E-state index in [1.165, 1.54) is 0 Å². The Balaban J connectivity index is 0. The van der Waals surface area contributed by atoms with E-state index in [0.29, 0.717) is 0 Å². The summed E-state index contributed by atoms with van der Waals surface area (Å²) in [5.74, 6) is -1.45. The number of esters is 2. The minimum atomic E-state index is -0.726. The van der Waals surface area contributed by atoms with Crippen LogP contribution in [0.1, 0.15) is 13.8 Å². The van der Waals surface area contributed by atoms with Crippen molar-refractivity contribution in [1.82, 2.24) is 0 Å². The molecule has 0 amide bonds. The fourth-order valence-electron chi connectivity index (χ4n) is 0.520. The van der Waals surface area contributed by atoms with Gasteiger partial charge in [-0.1, -0.05) is 6.58 Å². The zero-order valence-electron chi connectivity index (χ0n) is 7.96. The van der Waals surface area contributed by atoms with E-state index in [1.54, 1.807) is 13.8 Å². The van der Waals surface area contributed by atoms with E-state index in [0.717, 1.165) is 0 Å². The van der Waals surface area contributed by atoms with Crippen molar-refractivity contribution >= 4 is 11.9 Å². The van der Waals surface area contributed by atoms with Gasteiger partial charge in [-0.15, -0.1) is 0 Å². The van der Waals surface area contributed by atoms with E-state index in [-0.39, 0.29) is 46.5 Å². The van der Waals surface area contributed by atoms with Gasteiger partial charge in [-0.3, -0.25) is 0 Å². The van der Waals surface area contributed by atoms with Crippen LogP contribution in [0.4, 0.5) is 0 Å². The normalized spacial score (nSPS) is 8.15. The number of carbonyl (C=O) groups is 2. The van der Waals surface area contributed by atoms with Gasteiger partial charge in [0.15, 0.2) is 0 Å². The fourth-order valence-corrected chi connectivity index (χ4v) is 0.520. The van der Waals surface area contributed by atoms with Gasteiger partial charge in [0.05, 0.1) is 13.2 Å². The summed E-state index contributed by atoms with van der Waals surface area (Å²) in [6.07, 6.45) is 0. The molecule has 0 heterocycles. The molecule has 0 saturated heterocycles. The molecule has 0 bridgehead atoms. The van der Waals surface area contributed by atoms with E-state index >= 15 is 0 Å². The monoisotopic (exact) mass is 374 g/mol. The van der Waals surface area contributed by atoms with Crippen LogP contribution in [0.2, 0.25) is 0 Å². The molecule has 0 aromatic heterocycles. The van der Waals surface area contributed by atoms with E-state index in [2.05, 4.69) is 16.1 Å². The largest absolute Gasteiger partial charge is 0.462 e. The molecule has 13 heavy (non-hydrogen) atoms. The molecule has 0 radical (unpaired) electrons. The van der Waals surface area contributed by atoms with E-state index in [1.807, 2.05) is 0 Å². The molecule has 0 rings (SSSR count). The second-order valence-electron chi connectivity index (χ2n) is 1.92. The Morgan fingerprint density at radius 3 is 1.62 bits per heavy atom. The summed E-state index contributed by atoms with van der Waals surface area (Å²) in [5.41, 5.74) is -0.265. The molecule has 0 spiro atoms. The molecule has 0 unspecified atom stereocenters. The molecule has 0 fully saturated rings. The van der Waals surface area contributed by atoms with Crippen LogP contribution in [0.3, 0.4) is 0 Å². The van der Waals surface area contributed by atoms with Crippen molar-refractivity contribution in [3.8, 4) is 0 Å². The van der Waals surface area contributed by atoms with E-state index < -0.39 is 11.9 Å². The average molecular weight is 373 g/mol. The van der Waals surface area contributed by atoms with Crippen LogP contribution < -0.4 is 0 Å². The van der Waals surface area contributed by atoms with Crippen LogP contribution in [0.15, 0.2) is 12.2 Å². The molecule has 70 valence electrons. The van der Waals surface area contributed by atoms with Gasteiger partial charge >= 0.3 is 11.9 Å². The van der Waals surface area contributed by atoms with Crippen LogP contribution in [-0.2, 0) is 46.7 Å². The zero-order chi connectivity index (χ0) is 9.56. The number of ether oxygens (including phenoxy) is 2. The molecular weight excluding hydrogens is 361 g/mol. The van der Waals surface area contributed by atoms with Gasteiger partial charge in [-0.2, -0.15) is 0 Å². The predicted molar refractivity (Wildman–Crippen MR) is 42.4 cm³/mol. The van der Waals surface area contributed by atoms with Crippen LogP contribution in [0, 0.1) is 0 Å². The first-order valence-electron chi connectivity index (χ1n) is 3.66. The standard InChI is InChI=1S/C8H12O4.Hg/c1-4-11-7(9)6(3)8(10)12-5-2;/h3-5H2,1-2H3;. The second kappa shape index (κ2) is 8.22.